The van der Waals surface area contributed by atoms with Crippen molar-refractivity contribution in [3.63, 3.8) is 0 Å². The molecule has 2 nitrogen and oxygen atoms in total. The van der Waals surface area contributed by atoms with Crippen LogP contribution in [0.25, 0.3) is 0 Å². The van der Waals surface area contributed by atoms with E-state index in [4.69, 9.17) is 5.73 Å². The van der Waals surface area contributed by atoms with Crippen molar-refractivity contribution in [2.45, 2.75) is 62.9 Å². The molecule has 0 aromatic heterocycles. The largest absolute Gasteiger partial charge is 0.389 e. The lowest BCUT2D eigenvalue weighted by Gasteiger charge is -2.48. The summed E-state index contributed by atoms with van der Waals surface area (Å²) in [5.74, 6) is 0.618. The molecule has 3 N–H and O–H groups in total. The van der Waals surface area contributed by atoms with Crippen molar-refractivity contribution in [3.05, 3.63) is 35.9 Å². The lowest BCUT2D eigenvalue weighted by Crippen LogP contribution is -2.52. The first-order valence-electron chi connectivity index (χ1n) is 8.17. The number of hydrogen-bond acceptors (Lipinski definition) is 2. The molecule has 2 heteroatoms. The number of benzene rings is 1. The highest BCUT2D eigenvalue weighted by Gasteiger charge is 2.51. The van der Waals surface area contributed by atoms with Gasteiger partial charge in [0.25, 0.3) is 0 Å². The summed E-state index contributed by atoms with van der Waals surface area (Å²) >= 11 is 0. The molecule has 2 aliphatic carbocycles. The Balaban J connectivity index is 1.71. The van der Waals surface area contributed by atoms with Gasteiger partial charge in [0.15, 0.2) is 0 Å². The van der Waals surface area contributed by atoms with Gasteiger partial charge in [-0.3, -0.25) is 0 Å². The van der Waals surface area contributed by atoms with Crippen LogP contribution in [0.5, 0.6) is 0 Å². The van der Waals surface area contributed by atoms with Gasteiger partial charge in [-0.15, -0.1) is 0 Å². The summed E-state index contributed by atoms with van der Waals surface area (Å²) in [6.07, 6.45) is 8.76. The van der Waals surface area contributed by atoms with Crippen molar-refractivity contribution in [2.75, 3.05) is 6.54 Å². The van der Waals surface area contributed by atoms with Crippen LogP contribution in [0.2, 0.25) is 0 Å². The quantitative estimate of drug-likeness (QED) is 0.884. The standard InChI is InChI=1S/C18H27NO/c19-14-17(10-4-5-11-17)18(20)12-8-16(9-13-18)15-6-2-1-3-7-15/h1-3,6-7,16,20H,4-5,8-14,19H2. The fourth-order valence-electron chi connectivity index (χ4n) is 4.60. The average molecular weight is 273 g/mol. The highest BCUT2D eigenvalue weighted by Crippen LogP contribution is 2.53. The molecular formula is C18H27NO. The summed E-state index contributed by atoms with van der Waals surface area (Å²) in [6, 6.07) is 10.8. The second-order valence-corrected chi connectivity index (χ2v) is 6.91. The topological polar surface area (TPSA) is 46.2 Å². The van der Waals surface area contributed by atoms with Gasteiger partial charge in [0.1, 0.15) is 0 Å². The van der Waals surface area contributed by atoms with E-state index in [1.165, 1.54) is 18.4 Å². The minimum absolute atomic E-state index is 0.00859. The molecule has 0 spiro atoms. The van der Waals surface area contributed by atoms with E-state index in [9.17, 15) is 5.11 Å². The summed E-state index contributed by atoms with van der Waals surface area (Å²) < 4.78 is 0. The number of nitrogens with two attached hydrogens (primary N) is 1. The zero-order valence-electron chi connectivity index (χ0n) is 12.4. The first-order chi connectivity index (χ1) is 9.69. The van der Waals surface area contributed by atoms with Crippen LogP contribution >= 0.6 is 0 Å². The fourth-order valence-corrected chi connectivity index (χ4v) is 4.60. The molecule has 0 amide bonds. The highest BCUT2D eigenvalue weighted by molar-refractivity contribution is 5.21. The van der Waals surface area contributed by atoms with E-state index >= 15 is 0 Å². The Hall–Kier alpha value is -0.860. The highest BCUT2D eigenvalue weighted by atomic mass is 16.3. The van der Waals surface area contributed by atoms with Crippen molar-refractivity contribution in [1.82, 2.24) is 0 Å². The second-order valence-electron chi connectivity index (χ2n) is 6.91. The van der Waals surface area contributed by atoms with Gasteiger partial charge >= 0.3 is 0 Å². The molecule has 0 aliphatic heterocycles. The van der Waals surface area contributed by atoms with Gasteiger partial charge in [0, 0.05) is 12.0 Å². The van der Waals surface area contributed by atoms with Crippen LogP contribution in [-0.2, 0) is 0 Å². The smallest absolute Gasteiger partial charge is 0.0716 e. The van der Waals surface area contributed by atoms with Crippen molar-refractivity contribution in [2.24, 2.45) is 11.1 Å². The lowest BCUT2D eigenvalue weighted by molar-refractivity contribution is -0.106. The molecule has 2 fully saturated rings. The number of hydrogen-bond donors (Lipinski definition) is 2. The molecule has 2 saturated carbocycles. The van der Waals surface area contributed by atoms with Crippen LogP contribution in [0, 0.1) is 5.41 Å². The maximum atomic E-state index is 11.2. The SMILES string of the molecule is NCC1(C2(O)CCC(c3ccccc3)CC2)CCCC1. The minimum atomic E-state index is -0.510. The maximum absolute atomic E-state index is 11.2. The molecule has 0 saturated heterocycles. The lowest BCUT2D eigenvalue weighted by atomic mass is 9.61. The Morgan fingerprint density at radius 1 is 1.00 bits per heavy atom. The van der Waals surface area contributed by atoms with Crippen molar-refractivity contribution < 1.29 is 5.11 Å². The van der Waals surface area contributed by atoms with Crippen LogP contribution in [-0.4, -0.2) is 17.3 Å². The van der Waals surface area contributed by atoms with Crippen molar-refractivity contribution in [1.29, 1.82) is 0 Å². The van der Waals surface area contributed by atoms with E-state index in [-0.39, 0.29) is 5.41 Å². The summed E-state index contributed by atoms with van der Waals surface area (Å²) in [5.41, 5.74) is 7.00. The third kappa shape index (κ3) is 2.29. The van der Waals surface area contributed by atoms with Gasteiger partial charge in [-0.05, 0) is 50.0 Å². The van der Waals surface area contributed by atoms with E-state index in [1.54, 1.807) is 0 Å². The van der Waals surface area contributed by atoms with Crippen LogP contribution in [0.1, 0.15) is 62.8 Å². The monoisotopic (exact) mass is 273 g/mol. The summed E-state index contributed by atoms with van der Waals surface area (Å²) in [6.45, 7) is 0.652. The van der Waals surface area contributed by atoms with Crippen LogP contribution in [0.4, 0.5) is 0 Å². The predicted octanol–water partition coefficient (Wildman–Crippen LogP) is 3.59. The molecule has 0 unspecified atom stereocenters. The molecule has 0 radical (unpaired) electrons. The number of aliphatic hydroxyl groups is 1. The van der Waals surface area contributed by atoms with Gasteiger partial charge in [0.05, 0.1) is 5.60 Å². The normalized spacial score (nSPS) is 33.2. The number of rotatable bonds is 3. The fraction of sp³-hybridized carbons (Fsp3) is 0.667. The third-order valence-electron chi connectivity index (χ3n) is 6.02. The Labute approximate surface area is 122 Å². The molecule has 20 heavy (non-hydrogen) atoms. The van der Waals surface area contributed by atoms with Crippen molar-refractivity contribution in [3.8, 4) is 0 Å². The van der Waals surface area contributed by atoms with Gasteiger partial charge in [-0.1, -0.05) is 43.2 Å². The van der Waals surface area contributed by atoms with E-state index in [2.05, 4.69) is 30.3 Å². The van der Waals surface area contributed by atoms with Crippen LogP contribution in [0.15, 0.2) is 30.3 Å². The maximum Gasteiger partial charge on any atom is 0.0716 e. The van der Waals surface area contributed by atoms with Gasteiger partial charge < -0.3 is 10.8 Å². The molecule has 1 aromatic carbocycles. The first kappa shape index (κ1) is 14.1. The van der Waals surface area contributed by atoms with E-state index in [0.717, 1.165) is 38.5 Å². The zero-order chi connectivity index (χ0) is 14.1. The Bertz CT molecular complexity index is 428. The first-order valence-corrected chi connectivity index (χ1v) is 8.17. The predicted molar refractivity (Wildman–Crippen MR) is 82.6 cm³/mol. The summed E-state index contributed by atoms with van der Waals surface area (Å²) in [5, 5.41) is 11.2. The molecular weight excluding hydrogens is 246 g/mol. The Kier molecular flexibility index (Phi) is 3.87. The third-order valence-corrected chi connectivity index (χ3v) is 6.02. The van der Waals surface area contributed by atoms with Crippen LogP contribution in [0.3, 0.4) is 0 Å². The second kappa shape index (κ2) is 5.50. The average Bonchev–Trinajstić information content (AvgIpc) is 3.00. The molecule has 2 aliphatic rings. The molecule has 0 bridgehead atoms. The molecule has 0 atom stereocenters. The Morgan fingerprint density at radius 3 is 2.15 bits per heavy atom. The van der Waals surface area contributed by atoms with Crippen molar-refractivity contribution >= 4 is 0 Å². The molecule has 110 valence electrons. The van der Waals surface area contributed by atoms with E-state index < -0.39 is 5.60 Å². The van der Waals surface area contributed by atoms with E-state index in [0.29, 0.717) is 12.5 Å². The van der Waals surface area contributed by atoms with E-state index in [1.807, 2.05) is 0 Å². The zero-order valence-corrected chi connectivity index (χ0v) is 12.4. The molecule has 3 rings (SSSR count). The summed E-state index contributed by atoms with van der Waals surface area (Å²) in [7, 11) is 0. The Morgan fingerprint density at radius 2 is 1.60 bits per heavy atom. The van der Waals surface area contributed by atoms with Crippen LogP contribution < -0.4 is 5.73 Å². The summed E-state index contributed by atoms with van der Waals surface area (Å²) in [4.78, 5) is 0. The minimum Gasteiger partial charge on any atom is -0.389 e. The van der Waals surface area contributed by atoms with Gasteiger partial charge in [-0.2, -0.15) is 0 Å². The molecule has 0 heterocycles. The van der Waals surface area contributed by atoms with Gasteiger partial charge in [0.2, 0.25) is 0 Å². The molecule has 1 aromatic rings. The van der Waals surface area contributed by atoms with Gasteiger partial charge in [-0.25, -0.2) is 0 Å².